The van der Waals surface area contributed by atoms with Gasteiger partial charge in [0.05, 0.1) is 5.92 Å². The minimum Gasteiger partial charge on any atom is -0.338 e. The highest BCUT2D eigenvalue weighted by atomic mass is 16.2. The number of pyridine rings is 1. The van der Waals surface area contributed by atoms with Gasteiger partial charge >= 0.3 is 0 Å². The number of aryl methyl sites for hydroxylation is 1. The van der Waals surface area contributed by atoms with Crippen molar-refractivity contribution in [1.29, 1.82) is 0 Å². The number of amides is 2. The van der Waals surface area contributed by atoms with Crippen molar-refractivity contribution in [2.75, 3.05) is 18.4 Å². The summed E-state index contributed by atoms with van der Waals surface area (Å²) in [5.41, 5.74) is 0.859. The van der Waals surface area contributed by atoms with Gasteiger partial charge in [-0.1, -0.05) is 24.3 Å². The smallest absolute Gasteiger partial charge is 0.246 e. The number of nitrogens with one attached hydrogen (secondary N) is 1. The van der Waals surface area contributed by atoms with Gasteiger partial charge in [0.25, 0.3) is 0 Å². The zero-order valence-electron chi connectivity index (χ0n) is 13.7. The lowest BCUT2D eigenvalue weighted by Crippen LogP contribution is -2.43. The predicted molar refractivity (Wildman–Crippen MR) is 90.9 cm³/mol. The molecule has 5 nitrogen and oxygen atoms in total. The van der Waals surface area contributed by atoms with Crippen LogP contribution in [0.25, 0.3) is 0 Å². The Balaban J connectivity index is 1.94. The van der Waals surface area contributed by atoms with Crippen molar-refractivity contribution in [2.24, 2.45) is 5.92 Å². The Hall–Kier alpha value is -2.43. The zero-order valence-corrected chi connectivity index (χ0v) is 13.7. The SMILES string of the molecule is C/C=C/C=C\C(=O)N1CCC[C@H](C(=O)Nc2cccc(C)n2)C1. The first kappa shape index (κ1) is 16.9. The average Bonchev–Trinajstić information content (AvgIpc) is 2.55. The van der Waals surface area contributed by atoms with E-state index >= 15 is 0 Å². The molecule has 1 aliphatic rings. The van der Waals surface area contributed by atoms with Crippen LogP contribution in [0.1, 0.15) is 25.5 Å². The van der Waals surface area contributed by atoms with Gasteiger partial charge < -0.3 is 10.2 Å². The van der Waals surface area contributed by atoms with Crippen LogP contribution >= 0.6 is 0 Å². The number of allylic oxidation sites excluding steroid dienone is 3. The van der Waals surface area contributed by atoms with Crippen LogP contribution in [0.15, 0.2) is 42.5 Å². The lowest BCUT2D eigenvalue weighted by atomic mass is 9.97. The molecule has 2 rings (SSSR count). The fourth-order valence-electron chi connectivity index (χ4n) is 2.59. The molecule has 1 N–H and O–H groups in total. The second-order valence-corrected chi connectivity index (χ2v) is 5.66. The molecule has 1 aromatic rings. The number of rotatable bonds is 4. The third kappa shape index (κ3) is 5.06. The van der Waals surface area contributed by atoms with E-state index in [0.717, 1.165) is 18.5 Å². The molecular weight excluding hydrogens is 290 g/mol. The molecule has 122 valence electrons. The van der Waals surface area contributed by atoms with E-state index in [1.165, 1.54) is 0 Å². The Morgan fingerprint density at radius 3 is 2.91 bits per heavy atom. The van der Waals surface area contributed by atoms with E-state index in [-0.39, 0.29) is 17.7 Å². The summed E-state index contributed by atoms with van der Waals surface area (Å²) in [6.07, 6.45) is 8.58. The third-order valence-corrected chi connectivity index (χ3v) is 3.79. The van der Waals surface area contributed by atoms with Gasteiger partial charge in [-0.2, -0.15) is 0 Å². The number of carbonyl (C=O) groups is 2. The summed E-state index contributed by atoms with van der Waals surface area (Å²) in [5, 5.41) is 2.85. The van der Waals surface area contributed by atoms with E-state index < -0.39 is 0 Å². The van der Waals surface area contributed by atoms with E-state index in [2.05, 4.69) is 10.3 Å². The Kier molecular flexibility index (Phi) is 6.09. The number of hydrogen-bond acceptors (Lipinski definition) is 3. The highest BCUT2D eigenvalue weighted by Crippen LogP contribution is 2.18. The molecular formula is C18H23N3O2. The van der Waals surface area contributed by atoms with Crippen LogP contribution in [-0.2, 0) is 9.59 Å². The van der Waals surface area contributed by atoms with Crippen LogP contribution in [0.3, 0.4) is 0 Å². The van der Waals surface area contributed by atoms with E-state index in [4.69, 9.17) is 0 Å². The van der Waals surface area contributed by atoms with Crippen molar-refractivity contribution in [3.8, 4) is 0 Å². The maximum Gasteiger partial charge on any atom is 0.246 e. The number of carbonyl (C=O) groups excluding carboxylic acids is 2. The van der Waals surface area contributed by atoms with E-state index in [9.17, 15) is 9.59 Å². The molecule has 5 heteroatoms. The minimum absolute atomic E-state index is 0.0470. The summed E-state index contributed by atoms with van der Waals surface area (Å²) in [6.45, 7) is 4.94. The van der Waals surface area contributed by atoms with Crippen LogP contribution in [-0.4, -0.2) is 34.8 Å². The lowest BCUT2D eigenvalue weighted by Gasteiger charge is -2.31. The molecule has 1 aromatic heterocycles. The van der Waals surface area contributed by atoms with Crippen molar-refractivity contribution < 1.29 is 9.59 Å². The summed E-state index contributed by atoms with van der Waals surface area (Å²) in [4.78, 5) is 30.5. The number of piperidine rings is 1. The molecule has 1 saturated heterocycles. The molecule has 1 atom stereocenters. The van der Waals surface area contributed by atoms with Gasteiger partial charge in [0.1, 0.15) is 5.82 Å². The Bertz CT molecular complexity index is 622. The molecule has 0 spiro atoms. The van der Waals surface area contributed by atoms with Gasteiger partial charge in [0.15, 0.2) is 0 Å². The summed E-state index contributed by atoms with van der Waals surface area (Å²) in [5.74, 6) is 0.254. The van der Waals surface area contributed by atoms with Crippen molar-refractivity contribution in [2.45, 2.75) is 26.7 Å². The molecule has 1 aliphatic heterocycles. The zero-order chi connectivity index (χ0) is 16.7. The van der Waals surface area contributed by atoms with Gasteiger partial charge in [-0.05, 0) is 38.8 Å². The molecule has 2 amide bonds. The topological polar surface area (TPSA) is 62.3 Å². The van der Waals surface area contributed by atoms with Gasteiger partial charge in [-0.25, -0.2) is 4.98 Å². The molecule has 0 bridgehead atoms. The van der Waals surface area contributed by atoms with Crippen molar-refractivity contribution in [3.05, 3.63) is 48.2 Å². The van der Waals surface area contributed by atoms with Crippen LogP contribution in [0.4, 0.5) is 5.82 Å². The fourth-order valence-corrected chi connectivity index (χ4v) is 2.59. The number of hydrogen-bond donors (Lipinski definition) is 1. The van der Waals surface area contributed by atoms with Gasteiger partial charge in [0.2, 0.25) is 11.8 Å². The van der Waals surface area contributed by atoms with Crippen molar-refractivity contribution in [3.63, 3.8) is 0 Å². The Morgan fingerprint density at radius 1 is 1.35 bits per heavy atom. The summed E-state index contributed by atoms with van der Waals surface area (Å²) >= 11 is 0. The lowest BCUT2D eigenvalue weighted by molar-refractivity contribution is -0.130. The Labute approximate surface area is 137 Å². The van der Waals surface area contributed by atoms with Crippen LogP contribution in [0, 0.1) is 12.8 Å². The molecule has 0 aromatic carbocycles. The third-order valence-electron chi connectivity index (χ3n) is 3.79. The molecule has 0 unspecified atom stereocenters. The predicted octanol–water partition coefficient (Wildman–Crippen LogP) is 2.70. The van der Waals surface area contributed by atoms with E-state index in [1.54, 1.807) is 23.1 Å². The van der Waals surface area contributed by atoms with Gasteiger partial charge in [-0.3, -0.25) is 9.59 Å². The van der Waals surface area contributed by atoms with Crippen molar-refractivity contribution in [1.82, 2.24) is 9.88 Å². The second-order valence-electron chi connectivity index (χ2n) is 5.66. The van der Waals surface area contributed by atoms with Gasteiger partial charge in [-0.15, -0.1) is 0 Å². The highest BCUT2D eigenvalue weighted by Gasteiger charge is 2.27. The normalized spacial score (nSPS) is 18.5. The number of aromatic nitrogens is 1. The number of anilines is 1. The van der Waals surface area contributed by atoms with Crippen LogP contribution < -0.4 is 5.32 Å². The standard InChI is InChI=1S/C18H23N3O2/c1-3-4-5-11-17(22)21-12-7-9-15(13-21)18(23)20-16-10-6-8-14(2)19-16/h3-6,8,10-11,15H,7,9,12-13H2,1-2H3,(H,19,20,23)/b4-3+,11-5-/t15-/m0/s1. The molecule has 23 heavy (non-hydrogen) atoms. The second kappa shape index (κ2) is 8.27. The Morgan fingerprint density at radius 2 is 2.17 bits per heavy atom. The number of likely N-dealkylation sites (tertiary alicyclic amines) is 1. The summed E-state index contributed by atoms with van der Waals surface area (Å²) < 4.78 is 0. The van der Waals surface area contributed by atoms with E-state index in [0.29, 0.717) is 18.9 Å². The van der Waals surface area contributed by atoms with Crippen LogP contribution in [0.2, 0.25) is 0 Å². The molecule has 2 heterocycles. The monoisotopic (exact) mass is 313 g/mol. The highest BCUT2D eigenvalue weighted by molar-refractivity contribution is 5.93. The average molecular weight is 313 g/mol. The first-order valence-corrected chi connectivity index (χ1v) is 7.93. The maximum absolute atomic E-state index is 12.4. The number of nitrogens with zero attached hydrogens (tertiary/aromatic N) is 2. The van der Waals surface area contributed by atoms with E-state index in [1.807, 2.05) is 38.1 Å². The molecule has 0 saturated carbocycles. The molecule has 0 radical (unpaired) electrons. The quantitative estimate of drug-likeness (QED) is 0.687. The largest absolute Gasteiger partial charge is 0.338 e. The summed E-state index contributed by atoms with van der Waals surface area (Å²) in [7, 11) is 0. The minimum atomic E-state index is -0.190. The fraction of sp³-hybridized carbons (Fsp3) is 0.389. The maximum atomic E-state index is 12.4. The van der Waals surface area contributed by atoms with Crippen molar-refractivity contribution >= 4 is 17.6 Å². The first-order chi connectivity index (χ1) is 11.1. The molecule has 1 fully saturated rings. The van der Waals surface area contributed by atoms with Gasteiger partial charge in [0, 0.05) is 24.9 Å². The van der Waals surface area contributed by atoms with Crippen LogP contribution in [0.5, 0.6) is 0 Å². The summed E-state index contributed by atoms with van der Waals surface area (Å²) in [6, 6.07) is 5.52. The molecule has 0 aliphatic carbocycles. The first-order valence-electron chi connectivity index (χ1n) is 7.93.